The molecular weight excluding hydrogens is 174 g/mol. The molecule has 0 fully saturated rings. The molecule has 1 heterocycles. The number of amides is 1. The number of carbonyl (C=O) groups is 1. The van der Waals surface area contributed by atoms with E-state index in [1.54, 1.807) is 0 Å². The Labute approximate surface area is 83.6 Å². The van der Waals surface area contributed by atoms with Gasteiger partial charge < -0.3 is 5.32 Å². The van der Waals surface area contributed by atoms with Crippen molar-refractivity contribution in [1.82, 2.24) is 5.32 Å². The fourth-order valence-electron chi connectivity index (χ4n) is 1.58. The van der Waals surface area contributed by atoms with Gasteiger partial charge in [0.25, 0.3) is 0 Å². The Kier molecular flexibility index (Phi) is 2.63. The van der Waals surface area contributed by atoms with Gasteiger partial charge in [-0.05, 0) is 18.4 Å². The zero-order valence-electron chi connectivity index (χ0n) is 7.99. The molecule has 0 radical (unpaired) electrons. The van der Waals surface area contributed by atoms with Crippen LogP contribution in [0.25, 0.3) is 5.70 Å². The van der Waals surface area contributed by atoms with Crippen molar-refractivity contribution >= 4 is 11.6 Å². The average molecular weight is 187 g/mol. The lowest BCUT2D eigenvalue weighted by Crippen LogP contribution is -2.19. The van der Waals surface area contributed by atoms with Crippen LogP contribution in [0.2, 0.25) is 0 Å². The maximum absolute atomic E-state index is 11.3. The normalized spacial score (nSPS) is 16.9. The summed E-state index contributed by atoms with van der Waals surface area (Å²) in [7, 11) is 0. The van der Waals surface area contributed by atoms with Gasteiger partial charge in [0.1, 0.15) is 0 Å². The third-order valence-corrected chi connectivity index (χ3v) is 2.32. The highest BCUT2D eigenvalue weighted by Crippen LogP contribution is 2.15. The third kappa shape index (κ3) is 2.02. The number of hydrogen-bond donors (Lipinski definition) is 1. The van der Waals surface area contributed by atoms with Gasteiger partial charge in [-0.15, -0.1) is 0 Å². The van der Waals surface area contributed by atoms with Gasteiger partial charge in [-0.3, -0.25) is 4.79 Å². The maximum atomic E-state index is 11.3. The smallest absolute Gasteiger partial charge is 0.224 e. The van der Waals surface area contributed by atoms with Gasteiger partial charge >= 0.3 is 0 Å². The minimum Gasteiger partial charge on any atom is -0.326 e. The molecule has 1 aliphatic rings. The Balaban J connectivity index is 2.25. The second-order valence-corrected chi connectivity index (χ2v) is 3.42. The first-order chi connectivity index (χ1) is 6.86. The third-order valence-electron chi connectivity index (χ3n) is 2.32. The molecule has 0 bridgehead atoms. The Hall–Kier alpha value is -1.57. The van der Waals surface area contributed by atoms with Crippen LogP contribution in [0.1, 0.15) is 24.8 Å². The van der Waals surface area contributed by atoms with Crippen LogP contribution >= 0.6 is 0 Å². The highest BCUT2D eigenvalue weighted by molar-refractivity contribution is 5.87. The van der Waals surface area contributed by atoms with Crippen LogP contribution in [0.15, 0.2) is 36.4 Å². The van der Waals surface area contributed by atoms with E-state index in [9.17, 15) is 4.79 Å². The lowest BCUT2D eigenvalue weighted by molar-refractivity contribution is -0.119. The lowest BCUT2D eigenvalue weighted by atomic mass is 10.1. The van der Waals surface area contributed by atoms with E-state index in [1.807, 2.05) is 30.3 Å². The molecule has 14 heavy (non-hydrogen) atoms. The molecule has 0 unspecified atom stereocenters. The molecule has 1 aromatic carbocycles. The molecule has 0 saturated heterocycles. The van der Waals surface area contributed by atoms with E-state index in [-0.39, 0.29) is 5.91 Å². The molecule has 1 aromatic rings. The predicted octanol–water partition coefficient (Wildman–Crippen LogP) is 2.33. The molecule has 0 aliphatic carbocycles. The summed E-state index contributed by atoms with van der Waals surface area (Å²) in [4.78, 5) is 11.3. The monoisotopic (exact) mass is 187 g/mol. The van der Waals surface area contributed by atoms with Crippen LogP contribution in [0.4, 0.5) is 0 Å². The van der Waals surface area contributed by atoms with Crippen LogP contribution in [0.3, 0.4) is 0 Å². The fourth-order valence-corrected chi connectivity index (χ4v) is 1.58. The molecular formula is C12H13NO. The first kappa shape index (κ1) is 9.00. The molecule has 1 amide bonds. The molecule has 2 nitrogen and oxygen atoms in total. The quantitative estimate of drug-likeness (QED) is 0.718. The van der Waals surface area contributed by atoms with Crippen molar-refractivity contribution in [1.29, 1.82) is 0 Å². The van der Waals surface area contributed by atoms with Crippen molar-refractivity contribution in [2.24, 2.45) is 0 Å². The largest absolute Gasteiger partial charge is 0.326 e. The van der Waals surface area contributed by atoms with Crippen molar-refractivity contribution in [3.05, 3.63) is 42.0 Å². The van der Waals surface area contributed by atoms with Gasteiger partial charge in [0.05, 0.1) is 0 Å². The molecule has 0 saturated carbocycles. The van der Waals surface area contributed by atoms with E-state index in [2.05, 4.69) is 11.4 Å². The summed E-state index contributed by atoms with van der Waals surface area (Å²) in [6.45, 7) is 0. The van der Waals surface area contributed by atoms with Gasteiger partial charge in [-0.25, -0.2) is 0 Å². The summed E-state index contributed by atoms with van der Waals surface area (Å²) >= 11 is 0. The Morgan fingerprint density at radius 3 is 2.71 bits per heavy atom. The van der Waals surface area contributed by atoms with E-state index >= 15 is 0 Å². The number of benzene rings is 1. The van der Waals surface area contributed by atoms with Gasteiger partial charge in [0.15, 0.2) is 0 Å². The van der Waals surface area contributed by atoms with Crippen molar-refractivity contribution in [3.8, 4) is 0 Å². The topological polar surface area (TPSA) is 29.1 Å². The summed E-state index contributed by atoms with van der Waals surface area (Å²) in [6, 6.07) is 9.96. The number of allylic oxidation sites excluding steroid dienone is 1. The van der Waals surface area contributed by atoms with Crippen LogP contribution in [0.5, 0.6) is 0 Å². The molecule has 2 heteroatoms. The lowest BCUT2D eigenvalue weighted by Gasteiger charge is -2.06. The Morgan fingerprint density at radius 2 is 1.93 bits per heavy atom. The van der Waals surface area contributed by atoms with E-state index in [0.717, 1.165) is 24.1 Å². The zero-order chi connectivity index (χ0) is 9.80. The van der Waals surface area contributed by atoms with Gasteiger partial charge in [0.2, 0.25) is 5.91 Å². The SMILES string of the molecule is O=C1CCCC=C(c2ccccc2)N1. The number of nitrogens with one attached hydrogen (secondary N) is 1. The van der Waals surface area contributed by atoms with E-state index < -0.39 is 0 Å². The van der Waals surface area contributed by atoms with Gasteiger partial charge in [0, 0.05) is 12.1 Å². The fraction of sp³-hybridized carbons (Fsp3) is 0.250. The highest BCUT2D eigenvalue weighted by atomic mass is 16.1. The molecule has 0 aromatic heterocycles. The average Bonchev–Trinajstić information content (AvgIpc) is 2.44. The number of carbonyl (C=O) groups excluding carboxylic acids is 1. The van der Waals surface area contributed by atoms with Gasteiger partial charge in [-0.1, -0.05) is 36.4 Å². The number of rotatable bonds is 1. The maximum Gasteiger partial charge on any atom is 0.224 e. The van der Waals surface area contributed by atoms with E-state index in [4.69, 9.17) is 0 Å². The summed E-state index contributed by atoms with van der Waals surface area (Å²) in [6.07, 6.45) is 4.65. The zero-order valence-corrected chi connectivity index (χ0v) is 7.99. The number of hydrogen-bond acceptors (Lipinski definition) is 1. The summed E-state index contributed by atoms with van der Waals surface area (Å²) < 4.78 is 0. The minimum absolute atomic E-state index is 0.123. The van der Waals surface area contributed by atoms with Crippen molar-refractivity contribution < 1.29 is 4.79 Å². The van der Waals surface area contributed by atoms with Crippen LogP contribution in [-0.4, -0.2) is 5.91 Å². The molecule has 72 valence electrons. The Bertz CT molecular complexity index is 354. The van der Waals surface area contributed by atoms with E-state index in [1.165, 1.54) is 0 Å². The molecule has 2 rings (SSSR count). The first-order valence-electron chi connectivity index (χ1n) is 4.92. The second kappa shape index (κ2) is 4.09. The van der Waals surface area contributed by atoms with Crippen LogP contribution in [0, 0.1) is 0 Å². The highest BCUT2D eigenvalue weighted by Gasteiger charge is 2.09. The Morgan fingerprint density at radius 1 is 1.14 bits per heavy atom. The second-order valence-electron chi connectivity index (χ2n) is 3.42. The van der Waals surface area contributed by atoms with Crippen molar-refractivity contribution in [2.75, 3.05) is 0 Å². The predicted molar refractivity (Wildman–Crippen MR) is 56.4 cm³/mol. The van der Waals surface area contributed by atoms with Crippen molar-refractivity contribution in [2.45, 2.75) is 19.3 Å². The standard InChI is InChI=1S/C12H13NO/c14-12-9-5-4-8-11(13-12)10-6-2-1-3-7-10/h1-3,6-8H,4-5,9H2,(H,13,14). The van der Waals surface area contributed by atoms with E-state index in [0.29, 0.717) is 6.42 Å². The van der Waals surface area contributed by atoms with Gasteiger partial charge in [-0.2, -0.15) is 0 Å². The molecule has 0 spiro atoms. The van der Waals surface area contributed by atoms with Crippen LogP contribution < -0.4 is 5.32 Å². The molecule has 1 aliphatic heterocycles. The minimum atomic E-state index is 0.123. The molecule has 1 N–H and O–H groups in total. The summed E-state index contributed by atoms with van der Waals surface area (Å²) in [5.41, 5.74) is 2.04. The first-order valence-corrected chi connectivity index (χ1v) is 4.92. The van der Waals surface area contributed by atoms with Crippen molar-refractivity contribution in [3.63, 3.8) is 0 Å². The summed E-state index contributed by atoms with van der Waals surface area (Å²) in [5, 5.41) is 2.92. The van der Waals surface area contributed by atoms with Crippen LogP contribution in [-0.2, 0) is 4.79 Å². The molecule has 0 atom stereocenters. The summed E-state index contributed by atoms with van der Waals surface area (Å²) in [5.74, 6) is 0.123.